The van der Waals surface area contributed by atoms with Gasteiger partial charge in [0.2, 0.25) is 0 Å². The highest BCUT2D eigenvalue weighted by Crippen LogP contribution is 2.37. The molecule has 0 atom stereocenters. The maximum atomic E-state index is 6.22. The van der Waals surface area contributed by atoms with Crippen LogP contribution in [-0.4, -0.2) is 8.32 Å². The van der Waals surface area contributed by atoms with Gasteiger partial charge in [0.05, 0.1) is 6.61 Å². The van der Waals surface area contributed by atoms with Crippen LogP contribution < -0.4 is 5.73 Å². The molecule has 0 fully saturated rings. The first-order chi connectivity index (χ1) is 8.15. The predicted octanol–water partition coefficient (Wildman–Crippen LogP) is 4.35. The van der Waals surface area contributed by atoms with Crippen molar-refractivity contribution in [3.63, 3.8) is 0 Å². The molecule has 0 unspecified atom stereocenters. The van der Waals surface area contributed by atoms with Gasteiger partial charge in [-0.1, -0.05) is 33.8 Å². The van der Waals surface area contributed by atoms with Gasteiger partial charge in [0.15, 0.2) is 8.32 Å². The summed E-state index contributed by atoms with van der Waals surface area (Å²) in [6, 6.07) is 6.26. The Morgan fingerprint density at radius 3 is 2.17 bits per heavy atom. The van der Waals surface area contributed by atoms with Crippen molar-refractivity contribution in [2.24, 2.45) is 0 Å². The van der Waals surface area contributed by atoms with Crippen LogP contribution in [0, 0.1) is 0 Å². The number of nitrogens with two attached hydrogens (primary N) is 1. The molecule has 1 aromatic carbocycles. The van der Waals surface area contributed by atoms with E-state index in [1.54, 1.807) is 0 Å². The molecule has 0 saturated carbocycles. The first-order valence-electron chi connectivity index (χ1n) is 6.68. The molecule has 1 rings (SSSR count). The molecule has 2 N–H and O–H groups in total. The van der Waals surface area contributed by atoms with Crippen molar-refractivity contribution in [1.82, 2.24) is 0 Å². The lowest BCUT2D eigenvalue weighted by Gasteiger charge is -2.36. The van der Waals surface area contributed by atoms with Gasteiger partial charge >= 0.3 is 0 Å². The van der Waals surface area contributed by atoms with Crippen LogP contribution in [0.15, 0.2) is 18.2 Å². The van der Waals surface area contributed by atoms with Crippen LogP contribution >= 0.6 is 0 Å². The Balaban J connectivity index is 2.78. The number of hydrogen-bond donors (Lipinski definition) is 1. The van der Waals surface area contributed by atoms with E-state index in [9.17, 15) is 0 Å². The minimum absolute atomic E-state index is 0.251. The van der Waals surface area contributed by atoms with Gasteiger partial charge in [-0.2, -0.15) is 0 Å². The van der Waals surface area contributed by atoms with Crippen LogP contribution in [0.2, 0.25) is 18.1 Å². The first kappa shape index (κ1) is 15.3. The summed E-state index contributed by atoms with van der Waals surface area (Å²) in [4.78, 5) is 0. The average Bonchev–Trinajstić information content (AvgIpc) is 2.24. The van der Waals surface area contributed by atoms with Crippen LogP contribution in [0.5, 0.6) is 0 Å². The molecule has 0 aromatic heterocycles. The summed E-state index contributed by atoms with van der Waals surface area (Å²) >= 11 is 0. The zero-order valence-electron chi connectivity index (χ0n) is 12.6. The number of rotatable bonds is 4. The van der Waals surface area contributed by atoms with Gasteiger partial charge in [0.1, 0.15) is 0 Å². The lowest BCUT2D eigenvalue weighted by Crippen LogP contribution is -2.40. The zero-order valence-corrected chi connectivity index (χ0v) is 13.6. The fourth-order valence-corrected chi connectivity index (χ4v) is 2.52. The summed E-state index contributed by atoms with van der Waals surface area (Å²) in [7, 11) is -1.67. The Kier molecular flexibility index (Phi) is 4.62. The molecule has 0 heterocycles. The van der Waals surface area contributed by atoms with Crippen molar-refractivity contribution in [2.45, 2.75) is 58.9 Å². The Labute approximate surface area is 113 Å². The molecule has 0 spiro atoms. The van der Waals surface area contributed by atoms with E-state index in [2.05, 4.69) is 46.9 Å². The van der Waals surface area contributed by atoms with Gasteiger partial charge in [-0.25, -0.2) is 0 Å². The fraction of sp³-hybridized carbons (Fsp3) is 0.600. The smallest absolute Gasteiger partial charge is 0.192 e. The third-order valence-corrected chi connectivity index (χ3v) is 8.37. The lowest BCUT2D eigenvalue weighted by atomic mass is 10.1. The molecule has 0 aliphatic rings. The molecular weight excluding hydrogens is 238 g/mol. The van der Waals surface area contributed by atoms with Gasteiger partial charge in [0, 0.05) is 5.69 Å². The van der Waals surface area contributed by atoms with Crippen LogP contribution in [0.4, 0.5) is 5.69 Å². The van der Waals surface area contributed by atoms with Gasteiger partial charge in [0.25, 0.3) is 0 Å². The van der Waals surface area contributed by atoms with E-state index in [0.29, 0.717) is 6.61 Å². The minimum Gasteiger partial charge on any atom is -0.413 e. The lowest BCUT2D eigenvalue weighted by molar-refractivity contribution is 0.276. The van der Waals surface area contributed by atoms with Crippen LogP contribution in [0.3, 0.4) is 0 Å². The molecular formula is C15H27NOSi. The zero-order chi connectivity index (χ0) is 14.0. The predicted molar refractivity (Wildman–Crippen MR) is 82.2 cm³/mol. The summed E-state index contributed by atoms with van der Waals surface area (Å²) in [5.74, 6) is 0. The summed E-state index contributed by atoms with van der Waals surface area (Å²) < 4.78 is 6.22. The van der Waals surface area contributed by atoms with Crippen molar-refractivity contribution in [1.29, 1.82) is 0 Å². The number of anilines is 1. The quantitative estimate of drug-likeness (QED) is 0.649. The van der Waals surface area contributed by atoms with Crippen molar-refractivity contribution in [3.8, 4) is 0 Å². The number of hydrogen-bond acceptors (Lipinski definition) is 2. The third kappa shape index (κ3) is 3.85. The fourth-order valence-electron chi connectivity index (χ4n) is 1.56. The van der Waals surface area contributed by atoms with E-state index in [1.165, 1.54) is 11.1 Å². The normalized spacial score (nSPS) is 12.8. The van der Waals surface area contributed by atoms with Gasteiger partial charge < -0.3 is 10.2 Å². The van der Waals surface area contributed by atoms with Crippen molar-refractivity contribution >= 4 is 14.0 Å². The van der Waals surface area contributed by atoms with E-state index in [0.717, 1.165) is 12.1 Å². The second-order valence-electron chi connectivity index (χ2n) is 6.49. The first-order valence-corrected chi connectivity index (χ1v) is 9.59. The highest BCUT2D eigenvalue weighted by atomic mass is 28.4. The number of benzene rings is 1. The summed E-state index contributed by atoms with van der Waals surface area (Å²) in [5, 5.41) is 0.251. The minimum atomic E-state index is -1.67. The molecule has 0 aliphatic carbocycles. The second-order valence-corrected chi connectivity index (χ2v) is 11.3. The number of aryl methyl sites for hydroxylation is 1. The standard InChI is InChI=1S/C15H27NOSi/c1-7-12-8-13(10-14(16)9-12)11-17-18(5,6)15(2,3)4/h8-10H,7,11,16H2,1-6H3. The van der Waals surface area contributed by atoms with Crippen molar-refractivity contribution in [3.05, 3.63) is 29.3 Å². The number of nitrogen functional groups attached to an aromatic ring is 1. The van der Waals surface area contributed by atoms with E-state index >= 15 is 0 Å². The molecule has 0 saturated heterocycles. The Morgan fingerprint density at radius 1 is 1.11 bits per heavy atom. The Morgan fingerprint density at radius 2 is 1.67 bits per heavy atom. The van der Waals surface area contributed by atoms with Crippen molar-refractivity contribution < 1.29 is 4.43 Å². The van der Waals surface area contributed by atoms with E-state index < -0.39 is 8.32 Å². The summed E-state index contributed by atoms with van der Waals surface area (Å²) in [6.07, 6.45) is 1.01. The van der Waals surface area contributed by atoms with E-state index in [1.807, 2.05) is 12.1 Å². The summed E-state index contributed by atoms with van der Waals surface area (Å²) in [6.45, 7) is 14.2. The van der Waals surface area contributed by atoms with Gasteiger partial charge in [-0.15, -0.1) is 0 Å². The van der Waals surface area contributed by atoms with E-state index in [-0.39, 0.29) is 5.04 Å². The molecule has 18 heavy (non-hydrogen) atoms. The molecule has 0 aliphatic heterocycles. The Bertz CT molecular complexity index is 407. The Hall–Kier alpha value is -0.803. The molecule has 0 radical (unpaired) electrons. The molecule has 3 heteroatoms. The van der Waals surface area contributed by atoms with Gasteiger partial charge in [-0.3, -0.25) is 0 Å². The third-order valence-electron chi connectivity index (χ3n) is 3.89. The van der Waals surface area contributed by atoms with Crippen LogP contribution in [0.25, 0.3) is 0 Å². The summed E-state index contributed by atoms with van der Waals surface area (Å²) in [5.41, 5.74) is 9.22. The van der Waals surface area contributed by atoms with E-state index in [4.69, 9.17) is 10.2 Å². The van der Waals surface area contributed by atoms with Gasteiger partial charge in [-0.05, 0) is 47.8 Å². The molecule has 1 aromatic rings. The maximum Gasteiger partial charge on any atom is 0.192 e. The van der Waals surface area contributed by atoms with Crippen LogP contribution in [0.1, 0.15) is 38.8 Å². The largest absolute Gasteiger partial charge is 0.413 e. The SMILES string of the molecule is CCc1cc(N)cc(CO[Si](C)(C)C(C)(C)C)c1. The second kappa shape index (κ2) is 5.45. The monoisotopic (exact) mass is 265 g/mol. The maximum absolute atomic E-state index is 6.22. The topological polar surface area (TPSA) is 35.2 Å². The highest BCUT2D eigenvalue weighted by molar-refractivity contribution is 6.74. The molecule has 0 amide bonds. The molecule has 102 valence electrons. The highest BCUT2D eigenvalue weighted by Gasteiger charge is 2.36. The average molecular weight is 265 g/mol. The van der Waals surface area contributed by atoms with Crippen LogP contribution in [-0.2, 0) is 17.5 Å². The molecule has 0 bridgehead atoms. The van der Waals surface area contributed by atoms with Crippen molar-refractivity contribution in [2.75, 3.05) is 5.73 Å². The molecule has 2 nitrogen and oxygen atoms in total.